The Balaban J connectivity index is 2.29. The molecule has 0 unspecified atom stereocenters. The normalized spacial score (nSPS) is 15.7. The van der Waals surface area contributed by atoms with Crippen molar-refractivity contribution in [2.24, 2.45) is 5.92 Å². The first-order valence-electron chi connectivity index (χ1n) is 12.7. The first-order valence-corrected chi connectivity index (χ1v) is 14.6. The van der Waals surface area contributed by atoms with Gasteiger partial charge >= 0.3 is 0 Å². The van der Waals surface area contributed by atoms with E-state index < -0.39 is 26.6 Å². The molecule has 0 bridgehead atoms. The van der Waals surface area contributed by atoms with Gasteiger partial charge in [-0.2, -0.15) is 0 Å². The van der Waals surface area contributed by atoms with Crippen LogP contribution >= 0.6 is 0 Å². The van der Waals surface area contributed by atoms with Gasteiger partial charge in [0.15, 0.2) is 5.78 Å². The van der Waals surface area contributed by atoms with Gasteiger partial charge in [0.05, 0.1) is 18.8 Å². The number of rotatable bonds is 16. The number of aliphatic hydroxyl groups excluding tert-OH is 1. The number of Topliss-reactive ketones (excluding diaryl/α,β-unsaturated/α-hetero) is 1. The molecule has 2 aromatic rings. The maximum absolute atomic E-state index is 12.3. The summed E-state index contributed by atoms with van der Waals surface area (Å²) in [7, 11) is 0.243. The molecule has 0 aliphatic rings. The van der Waals surface area contributed by atoms with Crippen molar-refractivity contribution in [3.63, 3.8) is 0 Å². The topological polar surface area (TPSA) is 83.5 Å². The molecule has 206 valence electrons. The summed E-state index contributed by atoms with van der Waals surface area (Å²) in [5.41, 5.74) is 0. The molecule has 0 aromatic heterocycles. The molecule has 0 spiro atoms. The number of hydrogen-bond donors (Lipinski definition) is 1. The number of carbonyl (C=O) groups is 1. The van der Waals surface area contributed by atoms with Crippen LogP contribution < -0.4 is 10.4 Å². The second kappa shape index (κ2) is 14.9. The lowest BCUT2D eigenvalue weighted by Crippen LogP contribution is -2.67. The summed E-state index contributed by atoms with van der Waals surface area (Å²) in [4.78, 5) is 12.3. The van der Waals surface area contributed by atoms with E-state index in [1.54, 1.807) is 0 Å². The van der Waals surface area contributed by atoms with Crippen molar-refractivity contribution in [1.82, 2.24) is 0 Å². The average molecular weight is 533 g/mol. The molecular weight excluding hydrogens is 488 g/mol. The second-order valence-electron chi connectivity index (χ2n) is 10.5. The van der Waals surface area contributed by atoms with E-state index in [1.165, 1.54) is 21.1 Å². The minimum absolute atomic E-state index is 0.00376. The molecule has 8 heteroatoms. The Morgan fingerprint density at radius 3 is 1.81 bits per heavy atom. The third kappa shape index (κ3) is 8.28. The number of methoxy groups -OCH3 is 2. The van der Waals surface area contributed by atoms with Gasteiger partial charge in [0.2, 0.25) is 0 Å². The van der Waals surface area contributed by atoms with E-state index in [9.17, 15) is 9.90 Å². The van der Waals surface area contributed by atoms with Crippen LogP contribution in [-0.2, 0) is 28.2 Å². The molecule has 1 N–H and O–H groups in total. The number of benzene rings is 2. The fourth-order valence-electron chi connectivity index (χ4n) is 4.90. The second-order valence-corrected chi connectivity index (χ2v) is 14.8. The van der Waals surface area contributed by atoms with E-state index >= 15 is 0 Å². The van der Waals surface area contributed by atoms with E-state index in [4.69, 9.17) is 23.4 Å². The molecular formula is C29H44O7Si. The highest BCUT2D eigenvalue weighted by molar-refractivity contribution is 6.99. The number of carbonyl (C=O) groups excluding carboxylic acids is 1. The van der Waals surface area contributed by atoms with Gasteiger partial charge in [0.1, 0.15) is 19.7 Å². The zero-order valence-corrected chi connectivity index (χ0v) is 24.3. The van der Waals surface area contributed by atoms with Gasteiger partial charge < -0.3 is 28.5 Å². The highest BCUT2D eigenvalue weighted by Gasteiger charge is 2.50. The highest BCUT2D eigenvalue weighted by Crippen LogP contribution is 2.37. The van der Waals surface area contributed by atoms with Crippen molar-refractivity contribution < 1.29 is 33.3 Å². The summed E-state index contributed by atoms with van der Waals surface area (Å²) < 4.78 is 28.4. The van der Waals surface area contributed by atoms with Crippen LogP contribution in [0.15, 0.2) is 60.7 Å². The summed E-state index contributed by atoms with van der Waals surface area (Å²) in [5.74, 6) is -0.401. The molecule has 0 aliphatic heterocycles. The van der Waals surface area contributed by atoms with Crippen molar-refractivity contribution in [2.75, 3.05) is 34.4 Å². The van der Waals surface area contributed by atoms with E-state index in [0.717, 1.165) is 10.4 Å². The fraction of sp³-hybridized carbons (Fsp3) is 0.552. The summed E-state index contributed by atoms with van der Waals surface area (Å²) in [6, 6.07) is 20.6. The fourth-order valence-corrected chi connectivity index (χ4v) is 9.49. The first-order chi connectivity index (χ1) is 17.6. The van der Waals surface area contributed by atoms with Crippen LogP contribution in [0.2, 0.25) is 5.04 Å². The molecule has 0 aliphatic carbocycles. The summed E-state index contributed by atoms with van der Waals surface area (Å²) in [5, 5.41) is 13.3. The predicted molar refractivity (Wildman–Crippen MR) is 148 cm³/mol. The first kappa shape index (κ1) is 31.3. The quantitative estimate of drug-likeness (QED) is 0.262. The van der Waals surface area contributed by atoms with Gasteiger partial charge in [0.25, 0.3) is 8.32 Å². The lowest BCUT2D eigenvalue weighted by Gasteiger charge is -2.43. The van der Waals surface area contributed by atoms with Crippen molar-refractivity contribution in [1.29, 1.82) is 0 Å². The monoisotopic (exact) mass is 532 g/mol. The van der Waals surface area contributed by atoms with Gasteiger partial charge in [-0.3, -0.25) is 4.79 Å². The van der Waals surface area contributed by atoms with E-state index in [-0.39, 0.29) is 36.9 Å². The van der Waals surface area contributed by atoms with E-state index in [2.05, 4.69) is 45.0 Å². The van der Waals surface area contributed by atoms with Gasteiger partial charge in [0, 0.05) is 14.2 Å². The Kier molecular flexibility index (Phi) is 12.6. The molecule has 0 amide bonds. The van der Waals surface area contributed by atoms with Crippen LogP contribution in [0.4, 0.5) is 0 Å². The maximum atomic E-state index is 12.3. The predicted octanol–water partition coefficient (Wildman–Crippen LogP) is 3.52. The smallest absolute Gasteiger partial charge is 0.261 e. The van der Waals surface area contributed by atoms with Gasteiger partial charge in [-0.1, -0.05) is 88.4 Å². The Bertz CT molecular complexity index is 877. The van der Waals surface area contributed by atoms with Crippen molar-refractivity contribution in [2.45, 2.75) is 64.4 Å². The lowest BCUT2D eigenvalue weighted by molar-refractivity contribution is -0.180. The van der Waals surface area contributed by atoms with Gasteiger partial charge in [-0.15, -0.1) is 0 Å². The van der Waals surface area contributed by atoms with Crippen molar-refractivity contribution in [3.05, 3.63) is 60.7 Å². The van der Waals surface area contributed by atoms with Gasteiger partial charge in [-0.05, 0) is 34.7 Å². The number of hydrogen-bond acceptors (Lipinski definition) is 7. The van der Waals surface area contributed by atoms with Crippen molar-refractivity contribution in [3.8, 4) is 0 Å². The Labute approximate surface area is 223 Å². The van der Waals surface area contributed by atoms with E-state index in [0.29, 0.717) is 6.42 Å². The number of ether oxygens (including phenoxy) is 4. The lowest BCUT2D eigenvalue weighted by atomic mass is 9.92. The minimum atomic E-state index is -2.78. The highest BCUT2D eigenvalue weighted by atomic mass is 28.4. The third-order valence-electron chi connectivity index (χ3n) is 6.56. The molecule has 4 atom stereocenters. The molecule has 7 nitrogen and oxygen atoms in total. The molecule has 37 heavy (non-hydrogen) atoms. The minimum Gasteiger partial charge on any atom is -0.405 e. The summed E-state index contributed by atoms with van der Waals surface area (Å²) >= 11 is 0. The molecule has 0 heterocycles. The van der Waals surface area contributed by atoms with Crippen LogP contribution in [-0.4, -0.2) is 71.9 Å². The molecule has 0 saturated heterocycles. The van der Waals surface area contributed by atoms with Crippen molar-refractivity contribution >= 4 is 24.5 Å². The molecule has 0 saturated carbocycles. The van der Waals surface area contributed by atoms with Crippen LogP contribution in [0, 0.1) is 5.92 Å². The van der Waals surface area contributed by atoms with Gasteiger partial charge in [-0.25, -0.2) is 0 Å². The Hall–Kier alpha value is -1.91. The zero-order valence-electron chi connectivity index (χ0n) is 23.3. The molecule has 2 aromatic carbocycles. The van der Waals surface area contributed by atoms with E-state index in [1.807, 2.05) is 43.3 Å². The largest absolute Gasteiger partial charge is 0.405 e. The standard InChI is InChI=1S/C29H44O7Si/c1-22(27(34-20-32-6)28(23(2)30)35-21-33-7)18-24(31)19-36-37(29(3,4)5,25-14-10-8-11-15-25)26-16-12-9-13-17-26/h8-17,22,24,27-28,31H,18-21H2,1-7H3/t22-,24+,27+,28+/m1/s1. The number of aliphatic hydroxyl groups is 1. The SMILES string of the molecule is COCO[C@@H]([C@H](C)C[C@H](O)CO[Si](c1ccccc1)(c1ccccc1)C(C)(C)C)[C@@H](OCOC)C(C)=O. The third-order valence-corrected chi connectivity index (χ3v) is 11.6. The molecule has 0 fully saturated rings. The Morgan fingerprint density at radius 1 is 0.892 bits per heavy atom. The molecule has 2 rings (SSSR count). The van der Waals surface area contributed by atoms with Crippen LogP contribution in [0.5, 0.6) is 0 Å². The maximum Gasteiger partial charge on any atom is 0.261 e. The Morgan fingerprint density at radius 2 is 1.38 bits per heavy atom. The van der Waals surface area contributed by atoms with Crippen LogP contribution in [0.1, 0.15) is 41.0 Å². The average Bonchev–Trinajstić information content (AvgIpc) is 2.86. The molecule has 0 radical (unpaired) electrons. The van der Waals surface area contributed by atoms with Crippen LogP contribution in [0.25, 0.3) is 0 Å². The van der Waals surface area contributed by atoms with Crippen LogP contribution in [0.3, 0.4) is 0 Å². The number of ketones is 1. The summed E-state index contributed by atoms with van der Waals surface area (Å²) in [6.07, 6.45) is -1.88. The summed E-state index contributed by atoms with van der Waals surface area (Å²) in [6.45, 7) is 10.1. The zero-order chi connectivity index (χ0) is 27.5.